The zero-order valence-corrected chi connectivity index (χ0v) is 30.3. The lowest BCUT2D eigenvalue weighted by Gasteiger charge is -2.21. The van der Waals surface area contributed by atoms with Crippen molar-refractivity contribution in [3.8, 4) is 16.9 Å². The van der Waals surface area contributed by atoms with Crippen LogP contribution in [-0.2, 0) is 22.7 Å². The third-order valence-electron chi connectivity index (χ3n) is 10.2. The Balaban J connectivity index is 1.05. The van der Waals surface area contributed by atoms with E-state index < -0.39 is 0 Å². The van der Waals surface area contributed by atoms with Gasteiger partial charge in [-0.15, -0.1) is 0 Å². The molecular weight excluding hydrogens is 671 g/mol. The maximum absolute atomic E-state index is 6.61. The van der Waals surface area contributed by atoms with E-state index in [1.54, 1.807) is 13.3 Å². The molecule has 8 rings (SSSR count). The Hall–Kier alpha value is -6.09. The standard InChI is InChI=1S/C46H43N5O3/c1-32-42(26-39(30-53-28-33-12-6-3-7-13-33)44(32)54-29-34-14-8-4-9-15-34)51-31-48-41-27-47-46(50-45(41)51)49-43(37-16-10-5-11-17-37)38-20-18-35(19-21-38)36-22-24-40(52-2)25-23-36/h3-25,27,31,39,42-44H,1,26,28-30H2,2H3,(H,47,49,50). The van der Waals surface area contributed by atoms with E-state index in [4.69, 9.17) is 29.2 Å². The summed E-state index contributed by atoms with van der Waals surface area (Å²) in [5, 5.41) is 3.65. The van der Waals surface area contributed by atoms with E-state index in [1.807, 2.05) is 60.9 Å². The number of methoxy groups -OCH3 is 1. The van der Waals surface area contributed by atoms with E-state index in [0.717, 1.165) is 62.3 Å². The van der Waals surface area contributed by atoms with Gasteiger partial charge in [0.1, 0.15) is 11.3 Å². The van der Waals surface area contributed by atoms with E-state index in [2.05, 4.69) is 101 Å². The molecule has 0 saturated heterocycles. The lowest BCUT2D eigenvalue weighted by atomic mass is 9.96. The van der Waals surface area contributed by atoms with Crippen LogP contribution >= 0.6 is 0 Å². The van der Waals surface area contributed by atoms with E-state index in [0.29, 0.717) is 25.8 Å². The van der Waals surface area contributed by atoms with E-state index in [1.165, 1.54) is 0 Å². The Morgan fingerprint density at radius 2 is 1.35 bits per heavy atom. The average molecular weight is 714 g/mol. The van der Waals surface area contributed by atoms with Gasteiger partial charge in [-0.1, -0.05) is 134 Å². The Morgan fingerprint density at radius 3 is 2.02 bits per heavy atom. The summed E-state index contributed by atoms with van der Waals surface area (Å²) in [6, 6.07) is 47.4. The number of nitrogens with zero attached hydrogens (tertiary/aromatic N) is 4. The molecule has 2 aromatic heterocycles. The highest BCUT2D eigenvalue weighted by Crippen LogP contribution is 2.42. The minimum atomic E-state index is -0.189. The number of hydrogen-bond donors (Lipinski definition) is 1. The molecule has 270 valence electrons. The van der Waals surface area contributed by atoms with Crippen molar-refractivity contribution in [2.24, 2.45) is 5.92 Å². The van der Waals surface area contributed by atoms with E-state index in [-0.39, 0.29) is 24.1 Å². The van der Waals surface area contributed by atoms with Crippen LogP contribution in [0.4, 0.5) is 5.95 Å². The quantitative estimate of drug-likeness (QED) is 0.112. The van der Waals surface area contributed by atoms with Gasteiger partial charge in [0, 0.05) is 5.92 Å². The number of anilines is 1. The van der Waals surface area contributed by atoms with Crippen LogP contribution in [0.5, 0.6) is 5.75 Å². The summed E-state index contributed by atoms with van der Waals surface area (Å²) in [6.45, 7) is 6.19. The lowest BCUT2D eigenvalue weighted by Crippen LogP contribution is -2.24. The van der Waals surface area contributed by atoms with Crippen molar-refractivity contribution in [3.05, 3.63) is 186 Å². The third-order valence-corrected chi connectivity index (χ3v) is 10.2. The highest BCUT2D eigenvalue weighted by molar-refractivity contribution is 5.71. The number of fused-ring (bicyclic) bond motifs is 1. The highest BCUT2D eigenvalue weighted by atomic mass is 16.5. The highest BCUT2D eigenvalue weighted by Gasteiger charge is 2.40. The minimum Gasteiger partial charge on any atom is -0.497 e. The number of hydrogen-bond acceptors (Lipinski definition) is 7. The zero-order chi connectivity index (χ0) is 36.7. The van der Waals surface area contributed by atoms with Crippen LogP contribution in [-0.4, -0.2) is 39.3 Å². The van der Waals surface area contributed by atoms with Crippen LogP contribution in [0, 0.1) is 5.92 Å². The smallest absolute Gasteiger partial charge is 0.225 e. The molecule has 5 aromatic carbocycles. The number of ether oxygens (including phenoxy) is 3. The molecule has 54 heavy (non-hydrogen) atoms. The molecule has 8 heteroatoms. The fourth-order valence-electron chi connectivity index (χ4n) is 7.32. The van der Waals surface area contributed by atoms with Gasteiger partial charge in [0.25, 0.3) is 0 Å². The molecule has 0 bridgehead atoms. The van der Waals surface area contributed by atoms with Crippen LogP contribution in [0.2, 0.25) is 0 Å². The van der Waals surface area contributed by atoms with Crippen molar-refractivity contribution in [1.29, 1.82) is 0 Å². The van der Waals surface area contributed by atoms with Crippen LogP contribution in [0.15, 0.2) is 164 Å². The summed E-state index contributed by atoms with van der Waals surface area (Å²) >= 11 is 0. The number of rotatable bonds is 14. The van der Waals surface area contributed by atoms with Crippen molar-refractivity contribution < 1.29 is 14.2 Å². The molecule has 8 nitrogen and oxygen atoms in total. The first kappa shape index (κ1) is 35.0. The summed E-state index contributed by atoms with van der Waals surface area (Å²) in [5.41, 5.74) is 9.17. The predicted octanol–water partition coefficient (Wildman–Crippen LogP) is 9.62. The molecule has 0 radical (unpaired) electrons. The van der Waals surface area contributed by atoms with Crippen molar-refractivity contribution in [2.75, 3.05) is 19.0 Å². The Bertz CT molecular complexity index is 2280. The average Bonchev–Trinajstić information content (AvgIpc) is 3.79. The summed E-state index contributed by atoms with van der Waals surface area (Å²) < 4.78 is 20.4. The second kappa shape index (κ2) is 16.3. The normalized spacial score (nSPS) is 17.4. The maximum Gasteiger partial charge on any atom is 0.225 e. The fraction of sp³-hybridized carbons (Fsp3) is 0.196. The molecule has 0 aliphatic heterocycles. The molecule has 1 aliphatic carbocycles. The van der Waals surface area contributed by atoms with Crippen molar-refractivity contribution in [3.63, 3.8) is 0 Å². The molecule has 0 amide bonds. The van der Waals surface area contributed by atoms with Crippen LogP contribution in [0.1, 0.15) is 40.8 Å². The molecule has 2 heterocycles. The fourth-order valence-corrected chi connectivity index (χ4v) is 7.32. The maximum atomic E-state index is 6.61. The zero-order valence-electron chi connectivity index (χ0n) is 30.3. The Morgan fingerprint density at radius 1 is 0.741 bits per heavy atom. The van der Waals surface area contributed by atoms with Gasteiger partial charge in [0.05, 0.1) is 57.6 Å². The van der Waals surface area contributed by atoms with E-state index >= 15 is 0 Å². The second-order valence-corrected chi connectivity index (χ2v) is 13.7. The second-order valence-electron chi connectivity index (χ2n) is 13.7. The first-order chi connectivity index (χ1) is 26.6. The van der Waals surface area contributed by atoms with Gasteiger partial charge in [-0.05, 0) is 57.5 Å². The molecule has 4 unspecified atom stereocenters. The van der Waals surface area contributed by atoms with Crippen molar-refractivity contribution in [1.82, 2.24) is 19.5 Å². The van der Waals surface area contributed by atoms with Crippen LogP contribution in [0.25, 0.3) is 22.3 Å². The van der Waals surface area contributed by atoms with Gasteiger partial charge in [-0.2, -0.15) is 4.98 Å². The summed E-state index contributed by atoms with van der Waals surface area (Å²) in [4.78, 5) is 14.5. The molecule has 1 aliphatic rings. The van der Waals surface area contributed by atoms with Crippen molar-refractivity contribution in [2.45, 2.75) is 37.8 Å². The number of aromatic nitrogens is 4. The molecule has 1 N–H and O–H groups in total. The minimum absolute atomic E-state index is 0.0701. The molecule has 4 atom stereocenters. The lowest BCUT2D eigenvalue weighted by molar-refractivity contribution is -0.00364. The molecular formula is C46H43N5O3. The largest absolute Gasteiger partial charge is 0.497 e. The number of nitrogens with one attached hydrogen (secondary N) is 1. The van der Waals surface area contributed by atoms with E-state index in [9.17, 15) is 0 Å². The summed E-state index contributed by atoms with van der Waals surface area (Å²) in [6.07, 6.45) is 4.24. The molecule has 1 saturated carbocycles. The van der Waals surface area contributed by atoms with Crippen molar-refractivity contribution >= 4 is 17.1 Å². The van der Waals surface area contributed by atoms with Gasteiger partial charge in [0.2, 0.25) is 5.95 Å². The monoisotopic (exact) mass is 713 g/mol. The molecule has 0 spiro atoms. The van der Waals surface area contributed by atoms with Gasteiger partial charge in [-0.3, -0.25) is 0 Å². The SMILES string of the molecule is C=C1C(OCc2ccccc2)C(COCc2ccccc2)CC1n1cnc2cnc(NC(c3ccccc3)c3ccc(-c4ccc(OC)cc4)cc3)nc21. The molecule has 7 aromatic rings. The summed E-state index contributed by atoms with van der Waals surface area (Å²) in [5.74, 6) is 1.46. The van der Waals surface area contributed by atoms with Gasteiger partial charge in [-0.25, -0.2) is 9.97 Å². The summed E-state index contributed by atoms with van der Waals surface area (Å²) in [7, 11) is 1.68. The Labute approximate surface area is 316 Å². The number of imidazole rings is 1. The first-order valence-electron chi connectivity index (χ1n) is 18.3. The van der Waals surface area contributed by atoms with Crippen LogP contribution in [0.3, 0.4) is 0 Å². The van der Waals surface area contributed by atoms with Gasteiger partial charge in [0.15, 0.2) is 5.65 Å². The van der Waals surface area contributed by atoms with Crippen LogP contribution < -0.4 is 10.1 Å². The Kier molecular flexibility index (Phi) is 10.5. The van der Waals surface area contributed by atoms with Gasteiger partial charge < -0.3 is 24.1 Å². The third kappa shape index (κ3) is 7.81. The predicted molar refractivity (Wildman–Crippen MR) is 213 cm³/mol. The topological polar surface area (TPSA) is 83.3 Å². The molecule has 1 fully saturated rings. The first-order valence-corrected chi connectivity index (χ1v) is 18.3. The number of benzene rings is 5. The van der Waals surface area contributed by atoms with Gasteiger partial charge >= 0.3 is 0 Å².